The van der Waals surface area contributed by atoms with Gasteiger partial charge in [-0.25, -0.2) is 4.98 Å². The highest BCUT2D eigenvalue weighted by Crippen LogP contribution is 2.25. The lowest BCUT2D eigenvalue weighted by molar-refractivity contribution is -0.437. The van der Waals surface area contributed by atoms with Crippen LogP contribution in [0.1, 0.15) is 5.69 Å². The van der Waals surface area contributed by atoms with Gasteiger partial charge in [-0.15, -0.1) is 0 Å². The second kappa shape index (κ2) is 4.11. The molecule has 9 heteroatoms. The average molecular weight is 233 g/mol. The molecule has 0 spiro atoms. The summed E-state index contributed by atoms with van der Waals surface area (Å²) >= 11 is 0. The number of carbonyl (C=O) groups is 1. The van der Waals surface area contributed by atoms with Crippen LogP contribution in [0.5, 0.6) is 0 Å². The lowest BCUT2D eigenvalue weighted by Crippen LogP contribution is -2.69. The predicted molar refractivity (Wildman–Crippen MR) is 40.6 cm³/mol. The SMILES string of the molecule is [NH3+][C@@H](Cc1cn(P(=O)([O-])[O-])cn1)C(=O)[O-]. The maximum absolute atomic E-state index is 10.5. The molecule has 84 valence electrons. The Morgan fingerprint density at radius 3 is 2.67 bits per heavy atom. The molecule has 1 heterocycles. The maximum atomic E-state index is 10.5. The molecule has 1 atom stereocenters. The summed E-state index contributed by atoms with van der Waals surface area (Å²) in [6.07, 6.45) is 1.69. The molecule has 0 saturated heterocycles. The standard InChI is InChI=1S/C6H10N3O5P/c7-5(6(10)11)1-4-2-9(3-8-4)15(12,13)14/h2-3,5H,1,7H2,(H,10,11)(H2,12,13,14)/p-2/t5-/m0/s1. The molecule has 0 amide bonds. The highest BCUT2D eigenvalue weighted by molar-refractivity contribution is 7.47. The van der Waals surface area contributed by atoms with E-state index in [0.717, 1.165) is 12.5 Å². The summed E-state index contributed by atoms with van der Waals surface area (Å²) in [5.41, 5.74) is 3.43. The van der Waals surface area contributed by atoms with Crippen molar-refractivity contribution in [2.24, 2.45) is 0 Å². The monoisotopic (exact) mass is 233 g/mol. The van der Waals surface area contributed by atoms with E-state index in [2.05, 4.69) is 10.7 Å². The van der Waals surface area contributed by atoms with E-state index in [0.29, 0.717) is 4.34 Å². The third kappa shape index (κ3) is 3.14. The molecule has 15 heavy (non-hydrogen) atoms. The van der Waals surface area contributed by atoms with Crippen LogP contribution in [0.4, 0.5) is 0 Å². The summed E-state index contributed by atoms with van der Waals surface area (Å²) in [7, 11) is -4.89. The van der Waals surface area contributed by atoms with Crippen LogP contribution in [0.15, 0.2) is 12.5 Å². The zero-order valence-corrected chi connectivity index (χ0v) is 8.42. The fourth-order valence-electron chi connectivity index (χ4n) is 0.928. The fourth-order valence-corrected chi connectivity index (χ4v) is 1.38. The van der Waals surface area contributed by atoms with Crippen molar-refractivity contribution in [2.45, 2.75) is 12.5 Å². The summed E-state index contributed by atoms with van der Waals surface area (Å²) in [5, 5.41) is 10.3. The minimum absolute atomic E-state index is 0.0880. The number of nitrogens with zero attached hydrogens (tertiary/aromatic N) is 2. The van der Waals surface area contributed by atoms with Crippen molar-refractivity contribution in [3.8, 4) is 0 Å². The maximum Gasteiger partial charge on any atom is 0.130 e. The van der Waals surface area contributed by atoms with E-state index in [1.807, 2.05) is 0 Å². The lowest BCUT2D eigenvalue weighted by Gasteiger charge is -2.29. The number of carbonyl (C=O) groups excluding carboxylic acids is 1. The van der Waals surface area contributed by atoms with Crippen molar-refractivity contribution >= 4 is 13.7 Å². The number of carboxylic acid groups (broad SMARTS) is 1. The number of rotatable bonds is 4. The predicted octanol–water partition coefficient (Wildman–Crippen LogP) is -4.54. The molecule has 3 N–H and O–H groups in total. The number of carboxylic acids is 1. The molecule has 0 unspecified atom stereocenters. The van der Waals surface area contributed by atoms with Gasteiger partial charge < -0.3 is 34.3 Å². The van der Waals surface area contributed by atoms with Crippen molar-refractivity contribution in [1.29, 1.82) is 0 Å². The summed E-state index contributed by atoms with van der Waals surface area (Å²) < 4.78 is 10.9. The van der Waals surface area contributed by atoms with E-state index in [1.54, 1.807) is 0 Å². The first-order valence-electron chi connectivity index (χ1n) is 3.90. The molecule has 0 bridgehead atoms. The van der Waals surface area contributed by atoms with Crippen LogP contribution in [-0.4, -0.2) is 21.3 Å². The van der Waals surface area contributed by atoms with Crippen molar-refractivity contribution in [2.75, 3.05) is 0 Å². The van der Waals surface area contributed by atoms with Crippen molar-refractivity contribution in [3.63, 3.8) is 0 Å². The van der Waals surface area contributed by atoms with Gasteiger partial charge in [0.05, 0.1) is 18.0 Å². The Morgan fingerprint density at radius 2 is 2.27 bits per heavy atom. The van der Waals surface area contributed by atoms with Gasteiger partial charge >= 0.3 is 0 Å². The lowest BCUT2D eigenvalue weighted by atomic mass is 10.2. The average Bonchev–Trinajstić information content (AvgIpc) is 2.51. The molecular formula is C6H8N3O5P-2. The normalized spacial score (nSPS) is 13.8. The minimum Gasteiger partial charge on any atom is -0.795 e. The first-order valence-corrected chi connectivity index (χ1v) is 5.40. The zero-order valence-electron chi connectivity index (χ0n) is 7.53. The highest BCUT2D eigenvalue weighted by atomic mass is 31.2. The van der Waals surface area contributed by atoms with Crippen LogP contribution in [-0.2, 0) is 15.8 Å². The molecule has 1 rings (SSSR count). The molecule has 0 aliphatic carbocycles. The van der Waals surface area contributed by atoms with Gasteiger partial charge in [0.15, 0.2) is 0 Å². The van der Waals surface area contributed by atoms with Crippen LogP contribution < -0.4 is 20.6 Å². The van der Waals surface area contributed by atoms with E-state index in [4.69, 9.17) is 0 Å². The van der Waals surface area contributed by atoms with Crippen molar-refractivity contribution in [1.82, 2.24) is 9.32 Å². The van der Waals surface area contributed by atoms with Gasteiger partial charge in [-0.3, -0.25) is 0 Å². The topological polar surface area (TPSA) is 149 Å². The van der Waals surface area contributed by atoms with E-state index in [-0.39, 0.29) is 12.1 Å². The van der Waals surface area contributed by atoms with Crippen LogP contribution in [0.2, 0.25) is 0 Å². The largest absolute Gasteiger partial charge is 0.795 e. The Morgan fingerprint density at radius 1 is 1.67 bits per heavy atom. The second-order valence-electron chi connectivity index (χ2n) is 2.93. The summed E-state index contributed by atoms with van der Waals surface area (Å²) in [5.74, 6) is -1.36. The number of aliphatic carboxylic acids is 1. The summed E-state index contributed by atoms with van der Waals surface area (Å²) in [6, 6.07) is -1.04. The van der Waals surface area contributed by atoms with Gasteiger partial charge in [0, 0.05) is 20.4 Å². The highest BCUT2D eigenvalue weighted by Gasteiger charge is 2.11. The van der Waals surface area contributed by atoms with Crippen LogP contribution >= 0.6 is 7.75 Å². The van der Waals surface area contributed by atoms with Crippen LogP contribution in [0.25, 0.3) is 0 Å². The summed E-state index contributed by atoms with van der Waals surface area (Å²) in [4.78, 5) is 34.9. The van der Waals surface area contributed by atoms with Gasteiger partial charge in [0.1, 0.15) is 6.04 Å². The van der Waals surface area contributed by atoms with Gasteiger partial charge in [0.25, 0.3) is 0 Å². The second-order valence-corrected chi connectivity index (χ2v) is 4.33. The van der Waals surface area contributed by atoms with Gasteiger partial charge in [-0.05, 0) is 0 Å². The molecule has 1 aromatic heterocycles. The molecule has 0 aliphatic heterocycles. The number of hydrogen-bond donors (Lipinski definition) is 1. The molecule has 0 saturated carbocycles. The Labute approximate surface area is 84.6 Å². The molecule has 8 nitrogen and oxygen atoms in total. The van der Waals surface area contributed by atoms with Crippen molar-refractivity contribution < 1.29 is 30.0 Å². The van der Waals surface area contributed by atoms with Gasteiger partial charge in [-0.2, -0.15) is 0 Å². The minimum atomic E-state index is -4.89. The molecule has 1 aromatic rings. The Hall–Kier alpha value is -1.21. The smallest absolute Gasteiger partial charge is 0.130 e. The number of hydrogen-bond acceptors (Lipinski definition) is 6. The quantitative estimate of drug-likeness (QED) is 0.517. The first-order chi connectivity index (χ1) is 6.80. The third-order valence-corrected chi connectivity index (χ3v) is 2.48. The van der Waals surface area contributed by atoms with E-state index >= 15 is 0 Å². The molecule has 0 radical (unpaired) electrons. The Balaban J connectivity index is 2.78. The molecule has 0 aliphatic rings. The number of aromatic nitrogens is 2. The number of imidazole rings is 1. The molecule has 0 aromatic carbocycles. The summed E-state index contributed by atoms with van der Waals surface area (Å²) in [6.45, 7) is 0. The van der Waals surface area contributed by atoms with Gasteiger partial charge in [0.2, 0.25) is 0 Å². The molecular weight excluding hydrogens is 225 g/mol. The fraction of sp³-hybridized carbons (Fsp3) is 0.333. The van der Waals surface area contributed by atoms with Crippen LogP contribution in [0, 0.1) is 0 Å². The van der Waals surface area contributed by atoms with E-state index in [1.165, 1.54) is 0 Å². The first kappa shape index (κ1) is 11.9. The Bertz CT molecular complexity index is 411. The Kier molecular flexibility index (Phi) is 3.25. The van der Waals surface area contributed by atoms with Crippen molar-refractivity contribution in [3.05, 3.63) is 18.2 Å². The van der Waals surface area contributed by atoms with E-state index in [9.17, 15) is 24.3 Å². The van der Waals surface area contributed by atoms with Gasteiger partial charge in [-0.1, -0.05) is 0 Å². The molecule has 0 fully saturated rings. The van der Waals surface area contributed by atoms with Crippen LogP contribution in [0.3, 0.4) is 0 Å². The third-order valence-electron chi connectivity index (χ3n) is 1.69. The van der Waals surface area contributed by atoms with E-state index < -0.39 is 19.8 Å². The zero-order chi connectivity index (χ0) is 11.6. The number of quaternary nitrogens is 1.